The zero-order valence-corrected chi connectivity index (χ0v) is 22.2. The third-order valence-corrected chi connectivity index (χ3v) is 7.93. The van der Waals surface area contributed by atoms with Gasteiger partial charge in [0.25, 0.3) is 11.8 Å². The van der Waals surface area contributed by atoms with Crippen molar-refractivity contribution in [2.75, 3.05) is 22.6 Å². The number of hydrogen-bond donors (Lipinski definition) is 2. The molecule has 0 aliphatic carbocycles. The van der Waals surface area contributed by atoms with E-state index < -0.39 is 15.6 Å². The fourth-order valence-corrected chi connectivity index (χ4v) is 5.71. The zero-order valence-electron chi connectivity index (χ0n) is 21.4. The van der Waals surface area contributed by atoms with Crippen LogP contribution in [0.5, 0.6) is 0 Å². The lowest BCUT2D eigenvalue weighted by Gasteiger charge is -2.09. The molecule has 0 fully saturated rings. The SMILES string of the molecule is CCCCS(=O)(CCCC)=NC(=O)c1cnc(N)c(C#Cc2cccc(NC(=O)c3occc3C)c2)c1. The van der Waals surface area contributed by atoms with Crippen molar-refractivity contribution in [1.29, 1.82) is 0 Å². The first kappa shape index (κ1) is 27.7. The van der Waals surface area contributed by atoms with Crippen molar-refractivity contribution in [3.63, 3.8) is 0 Å². The minimum atomic E-state index is -2.63. The van der Waals surface area contributed by atoms with Gasteiger partial charge < -0.3 is 15.5 Å². The molecule has 0 bridgehead atoms. The highest BCUT2D eigenvalue weighted by atomic mass is 32.2. The molecule has 3 aromatic rings. The zero-order chi connectivity index (χ0) is 26.8. The molecule has 0 atom stereocenters. The molecular formula is C28H32N4O4S. The van der Waals surface area contributed by atoms with E-state index in [4.69, 9.17) is 10.2 Å². The number of rotatable bonds is 9. The lowest BCUT2D eigenvalue weighted by Crippen LogP contribution is -2.14. The van der Waals surface area contributed by atoms with Gasteiger partial charge in [0.05, 0.1) is 27.1 Å². The number of nitrogens with two attached hydrogens (primary N) is 1. The summed E-state index contributed by atoms with van der Waals surface area (Å²) < 4.78 is 22.6. The smallest absolute Gasteiger partial charge is 0.291 e. The highest BCUT2D eigenvalue weighted by Crippen LogP contribution is 2.16. The van der Waals surface area contributed by atoms with Gasteiger partial charge in [-0.15, -0.1) is 0 Å². The number of hydrogen-bond acceptors (Lipinski definition) is 6. The number of furan rings is 1. The summed E-state index contributed by atoms with van der Waals surface area (Å²) in [6, 6.07) is 10.2. The number of carbonyl (C=O) groups is 2. The van der Waals surface area contributed by atoms with Gasteiger partial charge in [-0.05, 0) is 50.1 Å². The van der Waals surface area contributed by atoms with Crippen LogP contribution in [0.25, 0.3) is 0 Å². The Bertz CT molecular complexity index is 1440. The summed E-state index contributed by atoms with van der Waals surface area (Å²) in [5.74, 6) is 6.20. The summed E-state index contributed by atoms with van der Waals surface area (Å²) in [6.45, 7) is 5.82. The van der Waals surface area contributed by atoms with Crippen molar-refractivity contribution < 1.29 is 18.2 Å². The maximum Gasteiger partial charge on any atom is 0.291 e. The maximum atomic E-state index is 13.3. The molecule has 3 rings (SSSR count). The highest BCUT2D eigenvalue weighted by Gasteiger charge is 2.15. The Morgan fingerprint density at radius 2 is 1.84 bits per heavy atom. The summed E-state index contributed by atoms with van der Waals surface area (Å²) in [6.07, 6.45) is 6.05. The van der Waals surface area contributed by atoms with Gasteiger partial charge >= 0.3 is 0 Å². The molecule has 0 aliphatic heterocycles. The number of pyridine rings is 1. The van der Waals surface area contributed by atoms with Crippen molar-refractivity contribution >= 4 is 33.0 Å². The first-order valence-electron chi connectivity index (χ1n) is 12.2. The van der Waals surface area contributed by atoms with Crippen LogP contribution in [0.2, 0.25) is 0 Å². The number of anilines is 2. The number of unbranched alkanes of at least 4 members (excludes halogenated alkanes) is 2. The molecule has 0 radical (unpaired) electrons. The minimum Gasteiger partial charge on any atom is -0.459 e. The molecule has 0 saturated heterocycles. The molecule has 8 nitrogen and oxygen atoms in total. The van der Waals surface area contributed by atoms with E-state index in [-0.39, 0.29) is 23.0 Å². The fourth-order valence-electron chi connectivity index (χ4n) is 3.44. The van der Waals surface area contributed by atoms with Gasteiger partial charge in [0.1, 0.15) is 5.82 Å². The van der Waals surface area contributed by atoms with E-state index in [1.165, 1.54) is 18.5 Å². The Balaban J connectivity index is 1.82. The van der Waals surface area contributed by atoms with Gasteiger partial charge in [0.2, 0.25) is 0 Å². The monoisotopic (exact) mass is 520 g/mol. The second-order valence-electron chi connectivity index (χ2n) is 8.66. The van der Waals surface area contributed by atoms with Crippen molar-refractivity contribution in [2.45, 2.75) is 46.5 Å². The van der Waals surface area contributed by atoms with E-state index in [1.54, 1.807) is 37.3 Å². The number of amides is 2. The number of benzene rings is 1. The number of carbonyl (C=O) groups excluding carboxylic acids is 2. The van der Waals surface area contributed by atoms with Crippen LogP contribution >= 0.6 is 0 Å². The Hall–Kier alpha value is -3.90. The van der Waals surface area contributed by atoms with Gasteiger partial charge in [-0.2, -0.15) is 4.36 Å². The molecule has 9 heteroatoms. The standard InChI is InChI=1S/C28H32N4O4S/c1-4-6-15-37(35,16-7-5-2)32-27(33)23-18-22(26(29)30-19-23)12-11-21-9-8-10-24(17-21)31-28(34)25-20(3)13-14-36-25/h8-10,13-14,17-19H,4-7,15-16H2,1-3H3,(H2,29,30)(H,31,34). The van der Waals surface area contributed by atoms with E-state index in [9.17, 15) is 13.8 Å². The van der Waals surface area contributed by atoms with Gasteiger partial charge in [-0.1, -0.05) is 44.6 Å². The third-order valence-electron chi connectivity index (χ3n) is 5.58. The van der Waals surface area contributed by atoms with Gasteiger partial charge in [-0.3, -0.25) is 9.59 Å². The van der Waals surface area contributed by atoms with Crippen LogP contribution in [0.3, 0.4) is 0 Å². The summed E-state index contributed by atoms with van der Waals surface area (Å²) in [7, 11) is -2.63. The molecule has 2 amide bonds. The summed E-state index contributed by atoms with van der Waals surface area (Å²) in [5.41, 5.74) is 8.46. The van der Waals surface area contributed by atoms with Crippen molar-refractivity contribution in [3.8, 4) is 11.8 Å². The number of nitrogens with one attached hydrogen (secondary N) is 1. The molecule has 0 spiro atoms. The van der Waals surface area contributed by atoms with Crippen LogP contribution < -0.4 is 11.1 Å². The highest BCUT2D eigenvalue weighted by molar-refractivity contribution is 7.93. The molecule has 194 valence electrons. The van der Waals surface area contributed by atoms with Crippen LogP contribution in [0, 0.1) is 18.8 Å². The Morgan fingerprint density at radius 3 is 2.49 bits per heavy atom. The van der Waals surface area contributed by atoms with E-state index in [0.29, 0.717) is 28.3 Å². The van der Waals surface area contributed by atoms with Crippen LogP contribution in [0.15, 0.2) is 57.6 Å². The molecular weight excluding hydrogens is 488 g/mol. The van der Waals surface area contributed by atoms with Gasteiger partial charge in [0.15, 0.2) is 5.76 Å². The predicted octanol–water partition coefficient (Wildman–Crippen LogP) is 5.43. The largest absolute Gasteiger partial charge is 0.459 e. The van der Waals surface area contributed by atoms with Crippen LogP contribution in [-0.2, 0) is 9.73 Å². The Kier molecular flexibility index (Phi) is 9.64. The minimum absolute atomic E-state index is 0.166. The van der Waals surface area contributed by atoms with Crippen molar-refractivity contribution in [3.05, 3.63) is 76.9 Å². The molecule has 0 aliphatic rings. The first-order chi connectivity index (χ1) is 17.7. The van der Waals surface area contributed by atoms with Crippen molar-refractivity contribution in [1.82, 2.24) is 4.98 Å². The number of nitrogens with zero attached hydrogens (tertiary/aromatic N) is 2. The number of nitrogen functional groups attached to an aromatic ring is 1. The second-order valence-corrected chi connectivity index (χ2v) is 11.2. The molecule has 37 heavy (non-hydrogen) atoms. The van der Waals surface area contributed by atoms with Crippen molar-refractivity contribution in [2.24, 2.45) is 4.36 Å². The molecule has 0 unspecified atom stereocenters. The van der Waals surface area contributed by atoms with E-state index >= 15 is 0 Å². The average Bonchev–Trinajstić information content (AvgIpc) is 3.32. The lowest BCUT2D eigenvalue weighted by molar-refractivity contribution is 0.0991. The first-order valence-corrected chi connectivity index (χ1v) is 14.1. The fraction of sp³-hybridized carbons (Fsp3) is 0.321. The quantitative estimate of drug-likeness (QED) is 0.362. The van der Waals surface area contributed by atoms with E-state index in [2.05, 4.69) is 26.5 Å². The summed E-state index contributed by atoms with van der Waals surface area (Å²) >= 11 is 0. The molecule has 2 aromatic heterocycles. The second kappa shape index (κ2) is 12.9. The Labute approximate surface area is 218 Å². The van der Waals surface area contributed by atoms with Crippen LogP contribution in [0.1, 0.15) is 77.1 Å². The summed E-state index contributed by atoms with van der Waals surface area (Å²) in [5, 5.41) is 2.79. The van der Waals surface area contributed by atoms with E-state index in [0.717, 1.165) is 31.2 Å². The maximum absolute atomic E-state index is 13.3. The molecule has 3 N–H and O–H groups in total. The lowest BCUT2D eigenvalue weighted by atomic mass is 10.1. The van der Waals surface area contributed by atoms with Gasteiger partial charge in [0, 0.05) is 34.5 Å². The van der Waals surface area contributed by atoms with Crippen LogP contribution in [-0.4, -0.2) is 32.5 Å². The molecule has 0 saturated carbocycles. The van der Waals surface area contributed by atoms with E-state index in [1.807, 2.05) is 13.8 Å². The number of aryl methyl sites for hydroxylation is 1. The Morgan fingerprint density at radius 1 is 1.11 bits per heavy atom. The van der Waals surface area contributed by atoms with Gasteiger partial charge in [-0.25, -0.2) is 9.19 Å². The predicted molar refractivity (Wildman–Crippen MR) is 147 cm³/mol. The normalized spacial score (nSPS) is 10.9. The third kappa shape index (κ3) is 7.79. The topological polar surface area (TPSA) is 128 Å². The molecule has 1 aromatic carbocycles. The average molecular weight is 521 g/mol. The molecule has 2 heterocycles. The number of aromatic nitrogens is 1. The van der Waals surface area contributed by atoms with Crippen LogP contribution in [0.4, 0.5) is 11.5 Å². The summed E-state index contributed by atoms with van der Waals surface area (Å²) in [4.78, 5) is 29.4.